The van der Waals surface area contributed by atoms with Gasteiger partial charge in [-0.05, 0) is 24.5 Å². The zero-order chi connectivity index (χ0) is 19.0. The highest BCUT2D eigenvalue weighted by atomic mass is 32.2. The number of nitrogens with zero attached hydrogens (tertiary/aromatic N) is 3. The lowest BCUT2D eigenvalue weighted by molar-refractivity contribution is -0.129. The van der Waals surface area contributed by atoms with Crippen LogP contribution in [0, 0.1) is 11.8 Å². The summed E-state index contributed by atoms with van der Waals surface area (Å²) in [6.07, 6.45) is 3.53. The van der Waals surface area contributed by atoms with E-state index < -0.39 is 6.04 Å². The molecular formula is C17H31N5O2S. The maximum atomic E-state index is 12.2. The second-order valence-electron chi connectivity index (χ2n) is 6.92. The number of hydrogen-bond acceptors (Lipinski definition) is 5. The van der Waals surface area contributed by atoms with Crippen LogP contribution in [0.15, 0.2) is 5.16 Å². The summed E-state index contributed by atoms with van der Waals surface area (Å²) in [4.78, 5) is 23.5. The van der Waals surface area contributed by atoms with Gasteiger partial charge in [0.2, 0.25) is 11.8 Å². The van der Waals surface area contributed by atoms with E-state index in [1.807, 2.05) is 20.1 Å². The molecule has 2 N–H and O–H groups in total. The predicted molar refractivity (Wildman–Crippen MR) is 100 cm³/mol. The highest BCUT2D eigenvalue weighted by Gasteiger charge is 2.22. The fourth-order valence-electron chi connectivity index (χ4n) is 2.53. The van der Waals surface area contributed by atoms with Crippen LogP contribution in [0.1, 0.15) is 46.9 Å². The summed E-state index contributed by atoms with van der Waals surface area (Å²) in [7, 11) is 0. The lowest BCUT2D eigenvalue weighted by atomic mass is 10.0. The number of aromatic nitrogens is 3. The van der Waals surface area contributed by atoms with Gasteiger partial charge in [-0.25, -0.2) is 0 Å². The van der Waals surface area contributed by atoms with Crippen LogP contribution in [-0.4, -0.2) is 45.4 Å². The molecule has 142 valence electrons. The molecule has 1 rings (SSSR count). The number of carbonyl (C=O) groups excluding carboxylic acids is 2. The second-order valence-corrected chi connectivity index (χ2v) is 7.70. The molecule has 0 bridgehead atoms. The quantitative estimate of drug-likeness (QED) is 0.485. The zero-order valence-corrected chi connectivity index (χ0v) is 16.9. The summed E-state index contributed by atoms with van der Waals surface area (Å²) in [5, 5.41) is 15.0. The molecule has 0 saturated heterocycles. The van der Waals surface area contributed by atoms with E-state index in [0.29, 0.717) is 12.5 Å². The summed E-state index contributed by atoms with van der Waals surface area (Å²) in [5.41, 5.74) is 0. The number of nitrogens with one attached hydrogen (secondary N) is 2. The molecule has 0 aliphatic rings. The summed E-state index contributed by atoms with van der Waals surface area (Å²) in [6, 6.07) is -0.495. The van der Waals surface area contributed by atoms with Crippen LogP contribution in [0.2, 0.25) is 0 Å². The maximum absolute atomic E-state index is 12.2. The van der Waals surface area contributed by atoms with E-state index in [-0.39, 0.29) is 17.7 Å². The molecule has 7 nitrogen and oxygen atoms in total. The largest absolute Gasteiger partial charge is 0.354 e. The van der Waals surface area contributed by atoms with Crippen LogP contribution < -0.4 is 10.6 Å². The number of hydrogen-bond donors (Lipinski definition) is 2. The average Bonchev–Trinajstić information content (AvgIpc) is 2.89. The van der Waals surface area contributed by atoms with Crippen LogP contribution in [0.25, 0.3) is 0 Å². The molecule has 1 aromatic rings. The van der Waals surface area contributed by atoms with Crippen molar-refractivity contribution in [3.8, 4) is 0 Å². The zero-order valence-electron chi connectivity index (χ0n) is 16.1. The number of carbonyl (C=O) groups is 2. The van der Waals surface area contributed by atoms with Crippen LogP contribution >= 0.6 is 11.8 Å². The summed E-state index contributed by atoms with van der Waals surface area (Å²) in [5.74, 6) is 1.18. The van der Waals surface area contributed by atoms with Gasteiger partial charge >= 0.3 is 0 Å². The lowest BCUT2D eigenvalue weighted by Gasteiger charge is -2.20. The smallest absolute Gasteiger partial charge is 0.242 e. The molecule has 25 heavy (non-hydrogen) atoms. The molecule has 0 spiro atoms. The average molecular weight is 370 g/mol. The van der Waals surface area contributed by atoms with Crippen molar-refractivity contribution in [2.24, 2.45) is 11.8 Å². The van der Waals surface area contributed by atoms with Gasteiger partial charge in [-0.3, -0.25) is 9.59 Å². The first-order valence-corrected chi connectivity index (χ1v) is 9.99. The molecule has 1 heterocycles. The van der Waals surface area contributed by atoms with Gasteiger partial charge in [0.05, 0.1) is 0 Å². The third-order valence-corrected chi connectivity index (χ3v) is 4.38. The fraction of sp³-hybridized carbons (Fsp3) is 0.765. The Balaban J connectivity index is 2.53. The van der Waals surface area contributed by atoms with Crippen molar-refractivity contribution >= 4 is 23.6 Å². The van der Waals surface area contributed by atoms with E-state index in [0.717, 1.165) is 30.4 Å². The number of amides is 2. The topological polar surface area (TPSA) is 88.9 Å². The predicted octanol–water partition coefficient (Wildman–Crippen LogP) is 1.87. The van der Waals surface area contributed by atoms with Crippen molar-refractivity contribution < 1.29 is 9.59 Å². The van der Waals surface area contributed by atoms with Gasteiger partial charge in [0.1, 0.15) is 11.9 Å². The summed E-state index contributed by atoms with van der Waals surface area (Å²) < 4.78 is 2.16. The van der Waals surface area contributed by atoms with Crippen LogP contribution in [0.5, 0.6) is 0 Å². The Morgan fingerprint density at radius 3 is 2.40 bits per heavy atom. The van der Waals surface area contributed by atoms with E-state index in [9.17, 15) is 9.59 Å². The van der Waals surface area contributed by atoms with E-state index >= 15 is 0 Å². The Morgan fingerprint density at radius 2 is 1.88 bits per heavy atom. The van der Waals surface area contributed by atoms with Crippen molar-refractivity contribution in [1.29, 1.82) is 0 Å². The van der Waals surface area contributed by atoms with E-state index in [2.05, 4.69) is 39.2 Å². The summed E-state index contributed by atoms with van der Waals surface area (Å²) >= 11 is 1.59. The monoisotopic (exact) mass is 369 g/mol. The summed E-state index contributed by atoms with van der Waals surface area (Å²) in [6.45, 7) is 11.0. The van der Waals surface area contributed by atoms with Crippen molar-refractivity contribution in [3.05, 3.63) is 5.82 Å². The minimum Gasteiger partial charge on any atom is -0.354 e. The molecule has 0 aliphatic heterocycles. The van der Waals surface area contributed by atoms with Crippen molar-refractivity contribution in [2.75, 3.05) is 12.8 Å². The first-order valence-electron chi connectivity index (χ1n) is 8.77. The maximum Gasteiger partial charge on any atom is 0.242 e. The Morgan fingerprint density at radius 1 is 1.20 bits per heavy atom. The van der Waals surface area contributed by atoms with Crippen molar-refractivity contribution in [3.63, 3.8) is 0 Å². The molecule has 1 atom stereocenters. The SMILES string of the molecule is CSc1nnc(CCCNC(=O)C(NC(C)=O)C(C)C)n1CC(C)C. The highest BCUT2D eigenvalue weighted by molar-refractivity contribution is 7.98. The fourth-order valence-corrected chi connectivity index (χ4v) is 3.05. The van der Waals surface area contributed by atoms with E-state index in [1.165, 1.54) is 6.92 Å². The van der Waals surface area contributed by atoms with Gasteiger partial charge in [-0.1, -0.05) is 39.5 Å². The van der Waals surface area contributed by atoms with Crippen molar-refractivity contribution in [1.82, 2.24) is 25.4 Å². The molecular weight excluding hydrogens is 338 g/mol. The lowest BCUT2D eigenvalue weighted by Crippen LogP contribution is -2.49. The van der Waals surface area contributed by atoms with Gasteiger partial charge < -0.3 is 15.2 Å². The van der Waals surface area contributed by atoms with Crippen LogP contribution in [0.3, 0.4) is 0 Å². The van der Waals surface area contributed by atoms with Crippen LogP contribution in [-0.2, 0) is 22.6 Å². The second kappa shape index (κ2) is 10.4. The molecule has 8 heteroatoms. The van der Waals surface area contributed by atoms with Gasteiger partial charge in [0.25, 0.3) is 0 Å². The third kappa shape index (κ3) is 7.05. The molecule has 0 saturated carbocycles. The minimum absolute atomic E-state index is 0.0437. The minimum atomic E-state index is -0.495. The number of thioether (sulfide) groups is 1. The molecule has 1 unspecified atom stereocenters. The molecule has 0 radical (unpaired) electrons. The Bertz CT molecular complexity index is 571. The first kappa shape index (κ1) is 21.5. The van der Waals surface area contributed by atoms with E-state index in [4.69, 9.17) is 0 Å². The van der Waals surface area contributed by atoms with Gasteiger partial charge in [0, 0.05) is 26.4 Å². The Hall–Kier alpha value is -1.57. The van der Waals surface area contributed by atoms with Gasteiger partial charge in [0.15, 0.2) is 5.16 Å². The Kier molecular flexibility index (Phi) is 8.96. The normalized spacial score (nSPS) is 12.5. The molecule has 2 amide bonds. The van der Waals surface area contributed by atoms with E-state index in [1.54, 1.807) is 11.8 Å². The third-order valence-electron chi connectivity index (χ3n) is 3.71. The molecule has 0 aromatic carbocycles. The van der Waals surface area contributed by atoms with Gasteiger partial charge in [-0.15, -0.1) is 10.2 Å². The van der Waals surface area contributed by atoms with Crippen LogP contribution in [0.4, 0.5) is 0 Å². The molecule has 0 fully saturated rings. The van der Waals surface area contributed by atoms with Gasteiger partial charge in [-0.2, -0.15) is 0 Å². The number of rotatable bonds is 10. The molecule has 0 aliphatic carbocycles. The highest BCUT2D eigenvalue weighted by Crippen LogP contribution is 2.16. The number of aryl methyl sites for hydroxylation is 1. The Labute approximate surface area is 154 Å². The van der Waals surface area contributed by atoms with Crippen molar-refractivity contribution in [2.45, 2.75) is 65.2 Å². The standard InChI is InChI=1S/C17H31N5O2S/c1-11(2)10-22-14(20-21-17(22)25-6)8-7-9-18-16(24)15(12(3)4)19-13(5)23/h11-12,15H,7-10H2,1-6H3,(H,18,24)(H,19,23). The first-order chi connectivity index (χ1) is 11.8. The molecule has 1 aromatic heterocycles.